The SMILES string of the molecule is Br.Cc1ccc(N2CCN(C[C@H]3C[C@@H]3c3ccccc3)CC2)c(C)c1. The molecule has 2 nitrogen and oxygen atoms in total. The molecule has 1 saturated heterocycles. The molecule has 0 bridgehead atoms. The maximum atomic E-state index is 2.67. The molecular weight excluding hydrogens is 372 g/mol. The second-order valence-corrected chi connectivity index (χ2v) is 7.59. The first kappa shape index (κ1) is 18.5. The van der Waals surface area contributed by atoms with Crippen molar-refractivity contribution in [1.82, 2.24) is 4.90 Å². The van der Waals surface area contributed by atoms with E-state index in [-0.39, 0.29) is 17.0 Å². The molecule has 4 rings (SSSR count). The topological polar surface area (TPSA) is 6.48 Å². The molecule has 1 heterocycles. The van der Waals surface area contributed by atoms with Crippen LogP contribution >= 0.6 is 17.0 Å². The monoisotopic (exact) mass is 400 g/mol. The van der Waals surface area contributed by atoms with Crippen LogP contribution in [0.1, 0.15) is 29.0 Å². The third-order valence-corrected chi connectivity index (χ3v) is 5.71. The molecule has 0 amide bonds. The van der Waals surface area contributed by atoms with Crippen molar-refractivity contribution < 1.29 is 0 Å². The molecule has 2 fully saturated rings. The fourth-order valence-corrected chi connectivity index (χ4v) is 4.22. The van der Waals surface area contributed by atoms with Crippen molar-refractivity contribution in [3.8, 4) is 0 Å². The zero-order valence-corrected chi connectivity index (χ0v) is 17.0. The van der Waals surface area contributed by atoms with Crippen LogP contribution in [0, 0.1) is 19.8 Å². The molecule has 2 aromatic rings. The molecule has 2 aliphatic rings. The Morgan fingerprint density at radius 1 is 0.920 bits per heavy atom. The van der Waals surface area contributed by atoms with E-state index < -0.39 is 0 Å². The van der Waals surface area contributed by atoms with Gasteiger partial charge in [0.15, 0.2) is 0 Å². The highest BCUT2D eigenvalue weighted by Crippen LogP contribution is 2.47. The van der Waals surface area contributed by atoms with Gasteiger partial charge in [-0.2, -0.15) is 0 Å². The van der Waals surface area contributed by atoms with Gasteiger partial charge in [0.25, 0.3) is 0 Å². The van der Waals surface area contributed by atoms with Gasteiger partial charge in [-0.25, -0.2) is 0 Å². The highest BCUT2D eigenvalue weighted by molar-refractivity contribution is 8.93. The van der Waals surface area contributed by atoms with Gasteiger partial charge in [0.1, 0.15) is 0 Å². The van der Waals surface area contributed by atoms with Gasteiger partial charge in [-0.05, 0) is 49.3 Å². The van der Waals surface area contributed by atoms with E-state index in [2.05, 4.69) is 72.2 Å². The molecular formula is C22H29BrN2. The van der Waals surface area contributed by atoms with Crippen molar-refractivity contribution in [2.45, 2.75) is 26.2 Å². The Hall–Kier alpha value is -1.32. The zero-order chi connectivity index (χ0) is 16.5. The molecule has 0 spiro atoms. The molecule has 1 aliphatic carbocycles. The predicted molar refractivity (Wildman–Crippen MR) is 112 cm³/mol. The van der Waals surface area contributed by atoms with Crippen LogP contribution in [0.4, 0.5) is 5.69 Å². The number of nitrogens with zero attached hydrogens (tertiary/aromatic N) is 2. The van der Waals surface area contributed by atoms with E-state index in [1.54, 1.807) is 0 Å². The van der Waals surface area contributed by atoms with Gasteiger partial charge < -0.3 is 4.90 Å². The Morgan fingerprint density at radius 2 is 1.64 bits per heavy atom. The summed E-state index contributed by atoms with van der Waals surface area (Å²) in [6.07, 6.45) is 1.38. The van der Waals surface area contributed by atoms with Crippen LogP contribution in [0.5, 0.6) is 0 Å². The smallest absolute Gasteiger partial charge is 0.0396 e. The largest absolute Gasteiger partial charge is 0.369 e. The molecule has 25 heavy (non-hydrogen) atoms. The predicted octanol–water partition coefficient (Wildman–Crippen LogP) is 4.81. The first-order chi connectivity index (χ1) is 11.7. The van der Waals surface area contributed by atoms with Crippen molar-refractivity contribution in [1.29, 1.82) is 0 Å². The highest BCUT2D eigenvalue weighted by atomic mass is 79.9. The van der Waals surface area contributed by atoms with E-state index in [0.29, 0.717) is 0 Å². The Morgan fingerprint density at radius 3 is 2.32 bits per heavy atom. The highest BCUT2D eigenvalue weighted by Gasteiger charge is 2.39. The summed E-state index contributed by atoms with van der Waals surface area (Å²) in [6, 6.07) is 17.9. The maximum absolute atomic E-state index is 2.67. The molecule has 3 heteroatoms. The lowest BCUT2D eigenvalue weighted by Gasteiger charge is -2.37. The third-order valence-electron chi connectivity index (χ3n) is 5.71. The van der Waals surface area contributed by atoms with E-state index in [4.69, 9.17) is 0 Å². The Labute approximate surface area is 162 Å². The van der Waals surface area contributed by atoms with E-state index in [9.17, 15) is 0 Å². The number of piperazine rings is 1. The van der Waals surface area contributed by atoms with Gasteiger partial charge in [-0.1, -0.05) is 48.0 Å². The minimum Gasteiger partial charge on any atom is -0.369 e. The van der Waals surface area contributed by atoms with Crippen molar-refractivity contribution in [3.63, 3.8) is 0 Å². The lowest BCUT2D eigenvalue weighted by Crippen LogP contribution is -2.47. The molecule has 134 valence electrons. The first-order valence-electron chi connectivity index (χ1n) is 9.30. The maximum Gasteiger partial charge on any atom is 0.0396 e. The number of benzene rings is 2. The second kappa shape index (κ2) is 7.92. The Bertz CT molecular complexity index is 692. The normalized spacial score (nSPS) is 23.2. The summed E-state index contributed by atoms with van der Waals surface area (Å²) in [5.41, 5.74) is 5.73. The fourth-order valence-electron chi connectivity index (χ4n) is 4.22. The van der Waals surface area contributed by atoms with Gasteiger partial charge >= 0.3 is 0 Å². The quantitative estimate of drug-likeness (QED) is 0.726. The Kier molecular flexibility index (Phi) is 5.85. The minimum absolute atomic E-state index is 0. The average Bonchev–Trinajstić information content (AvgIpc) is 3.36. The lowest BCUT2D eigenvalue weighted by atomic mass is 10.1. The van der Waals surface area contributed by atoms with E-state index in [1.165, 1.54) is 48.4 Å². The van der Waals surface area contributed by atoms with Gasteiger partial charge in [-0.3, -0.25) is 4.90 Å². The van der Waals surface area contributed by atoms with Crippen LogP contribution in [0.15, 0.2) is 48.5 Å². The van der Waals surface area contributed by atoms with Crippen LogP contribution in [0.25, 0.3) is 0 Å². The van der Waals surface area contributed by atoms with Crippen molar-refractivity contribution in [2.24, 2.45) is 5.92 Å². The zero-order valence-electron chi connectivity index (χ0n) is 15.3. The summed E-state index contributed by atoms with van der Waals surface area (Å²) < 4.78 is 0. The number of aryl methyl sites for hydroxylation is 2. The molecule has 0 unspecified atom stereocenters. The first-order valence-corrected chi connectivity index (χ1v) is 9.30. The van der Waals surface area contributed by atoms with Crippen molar-refractivity contribution in [3.05, 3.63) is 65.2 Å². The molecule has 2 aromatic carbocycles. The van der Waals surface area contributed by atoms with Crippen LogP contribution in [0.2, 0.25) is 0 Å². The molecule has 0 radical (unpaired) electrons. The van der Waals surface area contributed by atoms with E-state index in [1.807, 2.05) is 0 Å². The van der Waals surface area contributed by atoms with Crippen LogP contribution in [-0.4, -0.2) is 37.6 Å². The molecule has 0 N–H and O–H groups in total. The fraction of sp³-hybridized carbons (Fsp3) is 0.455. The Balaban J connectivity index is 0.00000182. The summed E-state index contributed by atoms with van der Waals surface area (Å²) in [5, 5.41) is 0. The molecule has 1 aliphatic heterocycles. The van der Waals surface area contributed by atoms with Gasteiger partial charge in [0, 0.05) is 38.4 Å². The third kappa shape index (κ3) is 4.27. The second-order valence-electron chi connectivity index (χ2n) is 7.59. The standard InChI is InChI=1S/C22H28N2.BrH/c1-17-8-9-22(18(2)14-17)24-12-10-23(11-13-24)16-20-15-21(20)19-6-4-3-5-7-19;/h3-9,14,20-21H,10-13,15-16H2,1-2H3;1H/t20-,21-;/m1./s1. The molecule has 0 aromatic heterocycles. The minimum atomic E-state index is 0. The number of anilines is 1. The number of halogens is 1. The summed E-state index contributed by atoms with van der Waals surface area (Å²) in [5.74, 6) is 1.68. The van der Waals surface area contributed by atoms with Gasteiger partial charge in [0.2, 0.25) is 0 Å². The van der Waals surface area contributed by atoms with Gasteiger partial charge in [0.05, 0.1) is 0 Å². The molecule has 1 saturated carbocycles. The number of hydrogen-bond acceptors (Lipinski definition) is 2. The van der Waals surface area contributed by atoms with Crippen LogP contribution in [-0.2, 0) is 0 Å². The number of hydrogen-bond donors (Lipinski definition) is 0. The van der Waals surface area contributed by atoms with Gasteiger partial charge in [-0.15, -0.1) is 17.0 Å². The summed E-state index contributed by atoms with van der Waals surface area (Å²) >= 11 is 0. The van der Waals surface area contributed by atoms with Crippen molar-refractivity contribution in [2.75, 3.05) is 37.6 Å². The summed E-state index contributed by atoms with van der Waals surface area (Å²) in [7, 11) is 0. The lowest BCUT2D eigenvalue weighted by molar-refractivity contribution is 0.246. The van der Waals surface area contributed by atoms with E-state index >= 15 is 0 Å². The summed E-state index contributed by atoms with van der Waals surface area (Å²) in [6.45, 7) is 10.4. The van der Waals surface area contributed by atoms with Crippen molar-refractivity contribution >= 4 is 22.7 Å². The van der Waals surface area contributed by atoms with Crippen LogP contribution in [0.3, 0.4) is 0 Å². The summed E-state index contributed by atoms with van der Waals surface area (Å²) in [4.78, 5) is 5.24. The number of rotatable bonds is 4. The van der Waals surface area contributed by atoms with Crippen LogP contribution < -0.4 is 4.90 Å². The molecule has 2 atom stereocenters. The van der Waals surface area contributed by atoms with E-state index in [0.717, 1.165) is 24.9 Å². The average molecular weight is 401 g/mol.